The molecule has 2 heterocycles. The highest BCUT2D eigenvalue weighted by Crippen LogP contribution is 2.22. The SMILES string of the molecule is Cc1cc(N)nc(SCc2csc(COc3ccc(F)cc3)n2)n1. The van der Waals surface area contributed by atoms with Crippen molar-refractivity contribution in [2.75, 3.05) is 5.73 Å². The average molecular weight is 362 g/mol. The van der Waals surface area contributed by atoms with E-state index in [-0.39, 0.29) is 5.82 Å². The molecule has 3 aromatic rings. The molecule has 24 heavy (non-hydrogen) atoms. The number of thioether (sulfide) groups is 1. The summed E-state index contributed by atoms with van der Waals surface area (Å²) in [7, 11) is 0. The van der Waals surface area contributed by atoms with Crippen molar-refractivity contribution in [2.45, 2.75) is 24.4 Å². The number of aryl methyl sites for hydroxylation is 1. The van der Waals surface area contributed by atoms with E-state index in [0.29, 0.717) is 29.1 Å². The first kappa shape index (κ1) is 16.7. The third-order valence-electron chi connectivity index (χ3n) is 2.98. The molecule has 0 amide bonds. The van der Waals surface area contributed by atoms with Crippen LogP contribution in [-0.2, 0) is 12.4 Å². The van der Waals surface area contributed by atoms with Gasteiger partial charge >= 0.3 is 0 Å². The third-order valence-corrected chi connectivity index (χ3v) is 4.73. The van der Waals surface area contributed by atoms with Crippen LogP contribution >= 0.6 is 23.1 Å². The molecule has 0 aliphatic carbocycles. The topological polar surface area (TPSA) is 73.9 Å². The van der Waals surface area contributed by atoms with E-state index in [9.17, 15) is 4.39 Å². The molecule has 0 fully saturated rings. The maximum Gasteiger partial charge on any atom is 0.190 e. The lowest BCUT2D eigenvalue weighted by molar-refractivity contribution is 0.305. The molecule has 1 aromatic carbocycles. The number of ether oxygens (including phenoxy) is 1. The summed E-state index contributed by atoms with van der Waals surface area (Å²) < 4.78 is 18.4. The minimum absolute atomic E-state index is 0.282. The Balaban J connectivity index is 1.54. The molecule has 8 heteroatoms. The van der Waals surface area contributed by atoms with Gasteiger partial charge in [-0.2, -0.15) is 0 Å². The van der Waals surface area contributed by atoms with Crippen molar-refractivity contribution >= 4 is 28.9 Å². The molecule has 0 bridgehead atoms. The van der Waals surface area contributed by atoms with E-state index >= 15 is 0 Å². The van der Waals surface area contributed by atoms with Gasteiger partial charge in [0.05, 0.1) is 5.69 Å². The molecule has 2 N–H and O–H groups in total. The van der Waals surface area contributed by atoms with Gasteiger partial charge in [0, 0.05) is 22.9 Å². The fourth-order valence-electron chi connectivity index (χ4n) is 1.93. The quantitative estimate of drug-likeness (QED) is 0.531. The zero-order chi connectivity index (χ0) is 16.9. The lowest BCUT2D eigenvalue weighted by Gasteiger charge is -2.03. The third kappa shape index (κ3) is 4.65. The Bertz CT molecular complexity index is 803. The minimum Gasteiger partial charge on any atom is -0.486 e. The molecule has 0 unspecified atom stereocenters. The summed E-state index contributed by atoms with van der Waals surface area (Å²) in [6.45, 7) is 2.24. The van der Waals surface area contributed by atoms with Crippen LogP contribution in [0, 0.1) is 12.7 Å². The van der Waals surface area contributed by atoms with Gasteiger partial charge in [-0.15, -0.1) is 11.3 Å². The van der Waals surface area contributed by atoms with Crippen LogP contribution in [-0.4, -0.2) is 15.0 Å². The first-order chi connectivity index (χ1) is 11.6. The summed E-state index contributed by atoms with van der Waals surface area (Å²) >= 11 is 3.02. The van der Waals surface area contributed by atoms with Gasteiger partial charge in [0.15, 0.2) is 5.16 Å². The van der Waals surface area contributed by atoms with Gasteiger partial charge in [0.2, 0.25) is 0 Å². The van der Waals surface area contributed by atoms with Crippen LogP contribution < -0.4 is 10.5 Å². The highest BCUT2D eigenvalue weighted by molar-refractivity contribution is 7.98. The first-order valence-electron chi connectivity index (χ1n) is 7.14. The van der Waals surface area contributed by atoms with Crippen molar-refractivity contribution in [3.05, 3.63) is 57.9 Å². The molecule has 2 aromatic heterocycles. The number of aromatic nitrogens is 3. The largest absolute Gasteiger partial charge is 0.486 e. The number of hydrogen-bond acceptors (Lipinski definition) is 7. The lowest BCUT2D eigenvalue weighted by Crippen LogP contribution is -1.97. The van der Waals surface area contributed by atoms with Crippen LogP contribution in [0.5, 0.6) is 5.75 Å². The zero-order valence-corrected chi connectivity index (χ0v) is 14.5. The number of thiazole rings is 1. The predicted octanol–water partition coefficient (Wildman–Crippen LogP) is 3.83. The van der Waals surface area contributed by atoms with Crippen LogP contribution in [0.2, 0.25) is 0 Å². The molecule has 0 atom stereocenters. The number of nitrogens with two attached hydrogens (primary N) is 1. The maximum absolute atomic E-state index is 12.8. The fraction of sp³-hybridized carbons (Fsp3) is 0.188. The number of benzene rings is 1. The second-order valence-corrected chi connectivity index (χ2v) is 6.87. The summed E-state index contributed by atoms with van der Waals surface area (Å²) in [5.74, 6) is 1.47. The maximum atomic E-state index is 12.8. The van der Waals surface area contributed by atoms with E-state index < -0.39 is 0 Å². The van der Waals surface area contributed by atoms with Crippen molar-refractivity contribution in [1.82, 2.24) is 15.0 Å². The Morgan fingerprint density at radius 3 is 2.75 bits per heavy atom. The van der Waals surface area contributed by atoms with Gasteiger partial charge in [-0.05, 0) is 31.2 Å². The van der Waals surface area contributed by atoms with Crippen molar-refractivity contribution in [3.8, 4) is 5.75 Å². The number of hydrogen-bond donors (Lipinski definition) is 1. The highest BCUT2D eigenvalue weighted by Gasteiger charge is 2.06. The second kappa shape index (κ2) is 7.59. The van der Waals surface area contributed by atoms with Crippen molar-refractivity contribution in [2.24, 2.45) is 0 Å². The van der Waals surface area contributed by atoms with E-state index in [1.54, 1.807) is 18.2 Å². The summed E-state index contributed by atoms with van der Waals surface area (Å²) in [4.78, 5) is 13.0. The monoisotopic (exact) mass is 362 g/mol. The molecular weight excluding hydrogens is 347 g/mol. The fourth-order valence-corrected chi connectivity index (χ4v) is 3.54. The highest BCUT2D eigenvalue weighted by atomic mass is 32.2. The summed E-state index contributed by atoms with van der Waals surface area (Å²) in [6, 6.07) is 7.66. The number of nitrogen functional groups attached to an aromatic ring is 1. The van der Waals surface area contributed by atoms with Crippen molar-refractivity contribution in [3.63, 3.8) is 0 Å². The molecule has 0 aliphatic rings. The zero-order valence-electron chi connectivity index (χ0n) is 12.9. The Morgan fingerprint density at radius 1 is 1.21 bits per heavy atom. The standard InChI is InChI=1S/C16H15FN4OS2/c1-10-6-14(18)21-16(19-10)24-9-12-8-23-15(20-12)7-22-13-4-2-11(17)3-5-13/h2-6,8H,7,9H2,1H3,(H2,18,19,21). The summed E-state index contributed by atoms with van der Waals surface area (Å²) in [6.07, 6.45) is 0. The summed E-state index contributed by atoms with van der Waals surface area (Å²) in [5.41, 5.74) is 7.50. The normalized spacial score (nSPS) is 10.8. The molecule has 3 rings (SSSR count). The van der Waals surface area contributed by atoms with Crippen LogP contribution in [0.4, 0.5) is 10.2 Å². The van der Waals surface area contributed by atoms with Gasteiger partial charge in [0.1, 0.15) is 29.0 Å². The smallest absolute Gasteiger partial charge is 0.190 e. The van der Waals surface area contributed by atoms with Gasteiger partial charge in [-0.1, -0.05) is 11.8 Å². The van der Waals surface area contributed by atoms with Crippen molar-refractivity contribution < 1.29 is 9.13 Å². The van der Waals surface area contributed by atoms with Crippen LogP contribution in [0.15, 0.2) is 40.9 Å². The molecule has 5 nitrogen and oxygen atoms in total. The van der Waals surface area contributed by atoms with E-state index in [1.165, 1.54) is 35.2 Å². The molecule has 0 saturated heterocycles. The van der Waals surface area contributed by atoms with E-state index in [1.807, 2.05) is 12.3 Å². The van der Waals surface area contributed by atoms with E-state index in [2.05, 4.69) is 15.0 Å². The Hall–Kier alpha value is -2.19. The number of nitrogens with zero attached hydrogens (tertiary/aromatic N) is 3. The van der Waals surface area contributed by atoms with E-state index in [0.717, 1.165) is 16.4 Å². The Morgan fingerprint density at radius 2 is 2.00 bits per heavy atom. The molecular formula is C16H15FN4OS2. The molecule has 0 aliphatic heterocycles. The number of halogens is 1. The van der Waals surface area contributed by atoms with Gasteiger partial charge in [-0.25, -0.2) is 19.3 Å². The average Bonchev–Trinajstić information content (AvgIpc) is 2.99. The molecule has 0 radical (unpaired) electrons. The van der Waals surface area contributed by atoms with Crippen LogP contribution in [0.1, 0.15) is 16.4 Å². The summed E-state index contributed by atoms with van der Waals surface area (Å²) in [5, 5.41) is 3.49. The van der Waals surface area contributed by atoms with Gasteiger partial charge < -0.3 is 10.5 Å². The predicted molar refractivity (Wildman–Crippen MR) is 93.6 cm³/mol. The number of anilines is 1. The van der Waals surface area contributed by atoms with Gasteiger partial charge in [0.25, 0.3) is 0 Å². The number of rotatable bonds is 6. The molecule has 124 valence electrons. The van der Waals surface area contributed by atoms with Crippen LogP contribution in [0.3, 0.4) is 0 Å². The van der Waals surface area contributed by atoms with Crippen molar-refractivity contribution in [1.29, 1.82) is 0 Å². The molecule has 0 spiro atoms. The second-order valence-electron chi connectivity index (χ2n) is 4.98. The lowest BCUT2D eigenvalue weighted by atomic mass is 10.3. The van der Waals surface area contributed by atoms with Gasteiger partial charge in [-0.3, -0.25) is 0 Å². The van der Waals surface area contributed by atoms with Crippen LogP contribution in [0.25, 0.3) is 0 Å². The van der Waals surface area contributed by atoms with E-state index in [4.69, 9.17) is 10.5 Å². The Labute approximate surface area is 147 Å². The molecule has 0 saturated carbocycles. The first-order valence-corrected chi connectivity index (χ1v) is 9.00. The minimum atomic E-state index is -0.282. The Kier molecular flexibility index (Phi) is 5.27.